The fourth-order valence-electron chi connectivity index (χ4n) is 3.79. The number of amides is 4. The molecule has 0 radical (unpaired) electrons. The minimum Gasteiger partial charge on any atom is -0.480 e. The molecule has 18 N–H and O–H groups in total. The second kappa shape index (κ2) is 22.6. The van der Waals surface area contributed by atoms with Gasteiger partial charge in [0.1, 0.15) is 30.2 Å². The van der Waals surface area contributed by atoms with Crippen LogP contribution in [0.4, 0.5) is 0 Å². The predicted octanol–water partition coefficient (Wildman–Crippen LogP) is -5.12. The van der Waals surface area contributed by atoms with Crippen molar-refractivity contribution in [1.29, 1.82) is 0 Å². The molecule has 0 fully saturated rings. The molecule has 6 atom stereocenters. The lowest BCUT2D eigenvalue weighted by Gasteiger charge is -2.26. The first-order valence-electron chi connectivity index (χ1n) is 14.4. The number of aliphatic imine (C=N–C) groups is 2. The Labute approximate surface area is 267 Å². The number of nitrogens with two attached hydrogens (primary N) is 6. The zero-order valence-corrected chi connectivity index (χ0v) is 26.4. The van der Waals surface area contributed by atoms with E-state index >= 15 is 0 Å². The summed E-state index contributed by atoms with van der Waals surface area (Å²) < 4.78 is 0. The molecule has 20 heteroatoms. The van der Waals surface area contributed by atoms with Gasteiger partial charge in [0.25, 0.3) is 0 Å². The van der Waals surface area contributed by atoms with E-state index < -0.39 is 65.9 Å². The molecular weight excluding hydrogens is 612 g/mol. The Bertz CT molecular complexity index is 1020. The van der Waals surface area contributed by atoms with Gasteiger partial charge in [-0.15, -0.1) is 0 Å². The Morgan fingerprint density at radius 1 is 0.689 bits per heavy atom. The molecule has 45 heavy (non-hydrogen) atoms. The van der Waals surface area contributed by atoms with Crippen LogP contribution < -0.4 is 55.7 Å². The van der Waals surface area contributed by atoms with Crippen LogP contribution in [0.1, 0.15) is 51.9 Å². The molecule has 0 aliphatic rings. The number of rotatable bonds is 23. The minimum absolute atomic E-state index is 0.00451. The van der Waals surface area contributed by atoms with Crippen LogP contribution in [0, 0.1) is 0 Å². The lowest BCUT2D eigenvalue weighted by atomic mass is 10.0. The summed E-state index contributed by atoms with van der Waals surface area (Å²) in [5.41, 5.74) is 32.5. The fraction of sp³-hybridized carbons (Fsp3) is 0.720. The molecule has 19 nitrogen and oxygen atoms in total. The molecule has 0 saturated carbocycles. The molecule has 0 aromatic carbocycles. The molecule has 0 aliphatic carbocycles. The van der Waals surface area contributed by atoms with Crippen molar-refractivity contribution in [3.05, 3.63) is 0 Å². The molecule has 0 unspecified atom stereocenters. The van der Waals surface area contributed by atoms with Crippen molar-refractivity contribution in [3.63, 3.8) is 0 Å². The number of aliphatic hydroxyl groups is 1. The lowest BCUT2D eigenvalue weighted by Crippen LogP contribution is -2.59. The van der Waals surface area contributed by atoms with E-state index in [9.17, 15) is 34.2 Å². The van der Waals surface area contributed by atoms with Gasteiger partial charge in [-0.2, -0.15) is 12.6 Å². The van der Waals surface area contributed by atoms with Gasteiger partial charge in [-0.05, 0) is 58.4 Å². The molecule has 0 heterocycles. The highest BCUT2D eigenvalue weighted by Crippen LogP contribution is 2.07. The normalized spacial score (nSPS) is 14.8. The third kappa shape index (κ3) is 17.9. The number of guanidine groups is 2. The number of thiol groups is 1. The highest BCUT2D eigenvalue weighted by molar-refractivity contribution is 7.80. The largest absolute Gasteiger partial charge is 0.480 e. The zero-order valence-electron chi connectivity index (χ0n) is 25.5. The predicted molar refractivity (Wildman–Crippen MR) is 172 cm³/mol. The summed E-state index contributed by atoms with van der Waals surface area (Å²) in [7, 11) is 0. The number of carboxylic acids is 1. The van der Waals surface area contributed by atoms with Gasteiger partial charge in [0.2, 0.25) is 23.6 Å². The Kier molecular flexibility index (Phi) is 20.7. The average molecular weight is 663 g/mol. The molecule has 0 aliphatic heterocycles. The van der Waals surface area contributed by atoms with Crippen molar-refractivity contribution in [2.45, 2.75) is 88.2 Å². The summed E-state index contributed by atoms with van der Waals surface area (Å²) in [5, 5.41) is 29.1. The van der Waals surface area contributed by atoms with Crippen molar-refractivity contribution >= 4 is 54.1 Å². The van der Waals surface area contributed by atoms with Crippen LogP contribution in [0.5, 0.6) is 0 Å². The van der Waals surface area contributed by atoms with E-state index in [-0.39, 0.29) is 62.9 Å². The molecule has 0 bridgehead atoms. The SMILES string of the molecule is C[C@@H](O)[C@H](N)C(=O)N[C@@H](CCCCN)C(=O)N[C@@H](CCCN=C(N)N)C(=O)N[C@@H](CS)C(=O)N[C@@H](CCCN=C(N)N)C(=O)O. The molecule has 0 aromatic heterocycles. The Hall–Kier alpha value is -3.88. The number of carbonyl (C=O) groups excluding carboxylic acids is 4. The smallest absolute Gasteiger partial charge is 0.326 e. The number of carboxylic acid groups (broad SMARTS) is 1. The number of nitrogens with zero attached hydrogens (tertiary/aromatic N) is 2. The number of unbranched alkanes of at least 4 members (excludes halogenated alkanes) is 1. The number of aliphatic carboxylic acids is 1. The minimum atomic E-state index is -1.31. The molecule has 0 rings (SSSR count). The van der Waals surface area contributed by atoms with E-state index in [4.69, 9.17) is 34.4 Å². The van der Waals surface area contributed by atoms with Crippen molar-refractivity contribution in [2.24, 2.45) is 44.4 Å². The van der Waals surface area contributed by atoms with Crippen LogP contribution in [-0.4, -0.2) is 113 Å². The first-order valence-corrected chi connectivity index (χ1v) is 15.1. The number of hydrogen-bond acceptors (Lipinski definition) is 11. The zero-order chi connectivity index (χ0) is 34.5. The molecule has 0 spiro atoms. The maximum atomic E-state index is 13.3. The summed E-state index contributed by atoms with van der Waals surface area (Å²) in [4.78, 5) is 71.4. The number of aliphatic hydroxyl groups excluding tert-OH is 1. The molecular formula is C25H50N12O7S. The van der Waals surface area contributed by atoms with Crippen LogP contribution in [-0.2, 0) is 24.0 Å². The number of hydrogen-bond donors (Lipinski definition) is 13. The topological polar surface area (TPSA) is 355 Å². The van der Waals surface area contributed by atoms with E-state index in [2.05, 4.69) is 43.9 Å². The second-order valence-corrected chi connectivity index (χ2v) is 10.6. The summed E-state index contributed by atoms with van der Waals surface area (Å²) in [6, 6.07) is -6.23. The van der Waals surface area contributed by atoms with E-state index in [1.165, 1.54) is 6.92 Å². The van der Waals surface area contributed by atoms with E-state index in [1.54, 1.807) is 0 Å². The van der Waals surface area contributed by atoms with Gasteiger partial charge in [-0.3, -0.25) is 29.2 Å². The van der Waals surface area contributed by atoms with Gasteiger partial charge in [-0.1, -0.05) is 0 Å². The van der Waals surface area contributed by atoms with Crippen molar-refractivity contribution in [1.82, 2.24) is 21.3 Å². The van der Waals surface area contributed by atoms with E-state index in [0.717, 1.165) is 0 Å². The van der Waals surface area contributed by atoms with E-state index in [1.807, 2.05) is 0 Å². The van der Waals surface area contributed by atoms with Crippen molar-refractivity contribution in [3.8, 4) is 0 Å². The highest BCUT2D eigenvalue weighted by Gasteiger charge is 2.31. The van der Waals surface area contributed by atoms with Gasteiger partial charge in [0.05, 0.1) is 6.10 Å². The van der Waals surface area contributed by atoms with Gasteiger partial charge in [0.15, 0.2) is 11.9 Å². The maximum Gasteiger partial charge on any atom is 0.326 e. The van der Waals surface area contributed by atoms with Crippen LogP contribution in [0.25, 0.3) is 0 Å². The third-order valence-corrected chi connectivity index (χ3v) is 6.72. The lowest BCUT2D eigenvalue weighted by molar-refractivity contribution is -0.142. The highest BCUT2D eigenvalue weighted by atomic mass is 32.1. The maximum absolute atomic E-state index is 13.3. The van der Waals surface area contributed by atoms with Gasteiger partial charge in [-0.25, -0.2) is 4.79 Å². The Balaban J connectivity index is 5.80. The Morgan fingerprint density at radius 3 is 1.51 bits per heavy atom. The Morgan fingerprint density at radius 2 is 1.09 bits per heavy atom. The van der Waals surface area contributed by atoms with E-state index in [0.29, 0.717) is 19.4 Å². The summed E-state index contributed by atoms with van der Waals surface area (Å²) >= 11 is 4.12. The molecule has 0 saturated heterocycles. The number of nitrogens with one attached hydrogen (secondary N) is 4. The first kappa shape index (κ1) is 41.1. The summed E-state index contributed by atoms with van der Waals surface area (Å²) in [5.74, 6) is -4.94. The fourth-order valence-corrected chi connectivity index (χ4v) is 4.05. The van der Waals surface area contributed by atoms with Gasteiger partial charge >= 0.3 is 5.97 Å². The molecule has 4 amide bonds. The summed E-state index contributed by atoms with van der Waals surface area (Å²) in [6.45, 7) is 1.94. The second-order valence-electron chi connectivity index (χ2n) is 10.2. The summed E-state index contributed by atoms with van der Waals surface area (Å²) in [6.07, 6.45) is 0.497. The first-order chi connectivity index (χ1) is 21.1. The third-order valence-electron chi connectivity index (χ3n) is 6.36. The van der Waals surface area contributed by atoms with Crippen LogP contribution in [0.3, 0.4) is 0 Å². The van der Waals surface area contributed by atoms with Crippen molar-refractivity contribution in [2.75, 3.05) is 25.4 Å². The van der Waals surface area contributed by atoms with Crippen LogP contribution >= 0.6 is 12.6 Å². The van der Waals surface area contributed by atoms with Gasteiger partial charge in [0, 0.05) is 18.8 Å². The number of carbonyl (C=O) groups is 5. The van der Waals surface area contributed by atoms with Gasteiger partial charge < -0.3 is 65.9 Å². The quantitative estimate of drug-likeness (QED) is 0.0211. The monoisotopic (exact) mass is 662 g/mol. The van der Waals surface area contributed by atoms with Crippen molar-refractivity contribution < 1.29 is 34.2 Å². The molecule has 258 valence electrons. The molecule has 0 aromatic rings. The van der Waals surface area contributed by atoms with Crippen LogP contribution in [0.15, 0.2) is 9.98 Å². The van der Waals surface area contributed by atoms with Crippen LogP contribution in [0.2, 0.25) is 0 Å². The standard InChI is InChI=1S/C25H50N12O7S/c1-13(38)18(27)22(42)35-14(6-2-3-9-26)19(39)34-15(7-4-10-32-24(28)29)20(40)37-17(12-45)21(41)36-16(23(43)44)8-5-11-33-25(30)31/h13-18,38,45H,2-12,26-27H2,1H3,(H,34,39)(H,35,42)(H,36,41)(H,37,40)(H,43,44)(H4,28,29,32)(H4,30,31,33)/t13-,14+,15+,16+,17+,18+/m1/s1. The average Bonchev–Trinajstić information content (AvgIpc) is 2.96.